The molecule has 8 heteroatoms. The van der Waals surface area contributed by atoms with E-state index in [-0.39, 0.29) is 17.0 Å². The zero-order chi connectivity index (χ0) is 15.1. The van der Waals surface area contributed by atoms with Gasteiger partial charge in [0.1, 0.15) is 0 Å². The topological polar surface area (TPSA) is 106 Å². The van der Waals surface area contributed by atoms with E-state index in [4.69, 9.17) is 10.6 Å². The van der Waals surface area contributed by atoms with Crippen LogP contribution in [-0.4, -0.2) is 32.0 Å². The van der Waals surface area contributed by atoms with Crippen molar-refractivity contribution in [3.05, 3.63) is 30.3 Å². The first-order valence-corrected chi connectivity index (χ1v) is 8.36. The highest BCUT2D eigenvalue weighted by molar-refractivity contribution is 8.06. The Morgan fingerprint density at radius 2 is 2.10 bits per heavy atom. The summed E-state index contributed by atoms with van der Waals surface area (Å²) in [6.07, 6.45) is 2.28. The molecule has 1 fully saturated rings. The molecule has 1 aliphatic heterocycles. The van der Waals surface area contributed by atoms with Gasteiger partial charge in [-0.2, -0.15) is 0 Å². The van der Waals surface area contributed by atoms with Gasteiger partial charge < -0.3 is 10.6 Å². The normalized spacial score (nSPS) is 20.2. The molecule has 1 atom stereocenters. The number of hydrogen-bond donors (Lipinski definition) is 1. The summed E-state index contributed by atoms with van der Waals surface area (Å²) in [7, 11) is -3.64. The Bertz CT molecular complexity index is 608. The summed E-state index contributed by atoms with van der Waals surface area (Å²) in [6.45, 7) is 0.693. The third kappa shape index (κ3) is 4.61. The minimum atomic E-state index is -3.64. The fourth-order valence-electron chi connectivity index (χ4n) is 2.07. The van der Waals surface area contributed by atoms with Crippen molar-refractivity contribution < 1.29 is 13.2 Å². The Labute approximate surface area is 123 Å². The molecule has 0 aromatic heterocycles. The van der Waals surface area contributed by atoms with E-state index in [9.17, 15) is 8.42 Å². The van der Waals surface area contributed by atoms with Crippen LogP contribution in [0, 0.1) is 0 Å². The fraction of sp³-hybridized carbons (Fsp3) is 0.462. The Balaban J connectivity index is 2.14. The summed E-state index contributed by atoms with van der Waals surface area (Å²) >= 11 is 0. The molecule has 1 aromatic carbocycles. The highest BCUT2D eigenvalue weighted by atomic mass is 32.2. The van der Waals surface area contributed by atoms with E-state index in [1.165, 1.54) is 0 Å². The van der Waals surface area contributed by atoms with Gasteiger partial charge in [-0.05, 0) is 31.4 Å². The monoisotopic (exact) mass is 310 g/mol. The molecule has 0 bridgehead atoms. The summed E-state index contributed by atoms with van der Waals surface area (Å²) in [6, 6.07) is 8.70. The highest BCUT2D eigenvalue weighted by Crippen LogP contribution is 2.18. The zero-order valence-corrected chi connectivity index (χ0v) is 12.4. The third-order valence-electron chi connectivity index (χ3n) is 3.13. The number of para-hydroxylation sites is 1. The van der Waals surface area contributed by atoms with Gasteiger partial charge >= 0.3 is 0 Å². The molecule has 114 valence electrons. The molecule has 1 unspecified atom stereocenters. The van der Waals surface area contributed by atoms with Crippen LogP contribution < -0.4 is 5.84 Å². The van der Waals surface area contributed by atoms with Crippen LogP contribution in [0.1, 0.15) is 19.3 Å². The minimum Gasteiger partial charge on any atom is -0.378 e. The molecular formula is C13H18N4O3S. The van der Waals surface area contributed by atoms with Crippen molar-refractivity contribution in [1.82, 2.24) is 0 Å². The first-order chi connectivity index (χ1) is 10.1. The van der Waals surface area contributed by atoms with Crippen LogP contribution in [0.5, 0.6) is 0 Å². The molecule has 2 rings (SSSR count). The second-order valence-electron chi connectivity index (χ2n) is 4.69. The molecule has 0 spiro atoms. The molecule has 2 N–H and O–H groups in total. The van der Waals surface area contributed by atoms with Gasteiger partial charge in [-0.25, -0.2) is 13.4 Å². The van der Waals surface area contributed by atoms with E-state index in [0.29, 0.717) is 18.7 Å². The van der Waals surface area contributed by atoms with Gasteiger partial charge in [0, 0.05) is 6.61 Å². The number of benzene rings is 1. The zero-order valence-electron chi connectivity index (χ0n) is 11.6. The molecule has 0 aliphatic carbocycles. The average molecular weight is 310 g/mol. The van der Waals surface area contributed by atoms with Gasteiger partial charge in [0.15, 0.2) is 0 Å². The van der Waals surface area contributed by atoms with Crippen molar-refractivity contribution in [1.29, 1.82) is 0 Å². The van der Waals surface area contributed by atoms with Crippen LogP contribution in [0.4, 0.5) is 5.69 Å². The van der Waals surface area contributed by atoms with E-state index >= 15 is 0 Å². The third-order valence-corrected chi connectivity index (χ3v) is 4.64. The standard InChI is InChI=1S/C13H18N4O3S/c14-17-16-13(15-11-5-2-1-3-6-11)21(18,19)10-8-12-7-4-9-20-12/h1-3,5-6,12H,4,7-10H2,(H2,14,15,16). The number of aliphatic imine (C=N–C) groups is 1. The number of ether oxygens (including phenoxy) is 1. The fourth-order valence-corrected chi connectivity index (χ4v) is 3.24. The van der Waals surface area contributed by atoms with Crippen molar-refractivity contribution in [2.24, 2.45) is 21.2 Å². The van der Waals surface area contributed by atoms with E-state index in [2.05, 4.69) is 15.3 Å². The maximum absolute atomic E-state index is 12.3. The number of nitrogens with zero attached hydrogens (tertiary/aromatic N) is 3. The van der Waals surface area contributed by atoms with Crippen LogP contribution in [0.3, 0.4) is 0 Å². The molecule has 21 heavy (non-hydrogen) atoms. The van der Waals surface area contributed by atoms with Crippen molar-refractivity contribution in [2.75, 3.05) is 12.4 Å². The SMILES string of the molecule is NN=NC(=Nc1ccccc1)S(=O)(=O)CCC1CCCO1. The summed E-state index contributed by atoms with van der Waals surface area (Å²) in [5.41, 5.74) is 0.487. The van der Waals surface area contributed by atoms with Gasteiger partial charge in [0.25, 0.3) is 5.17 Å². The van der Waals surface area contributed by atoms with E-state index in [1.54, 1.807) is 24.3 Å². The number of sulfone groups is 1. The lowest BCUT2D eigenvalue weighted by Gasteiger charge is -2.08. The molecule has 1 aromatic rings. The largest absolute Gasteiger partial charge is 0.378 e. The van der Waals surface area contributed by atoms with Crippen molar-refractivity contribution in [3.8, 4) is 0 Å². The number of rotatable bonds is 4. The Morgan fingerprint density at radius 1 is 1.33 bits per heavy atom. The number of nitrogens with two attached hydrogens (primary N) is 1. The van der Waals surface area contributed by atoms with Crippen molar-refractivity contribution in [3.63, 3.8) is 0 Å². The Hall–Kier alpha value is -1.80. The summed E-state index contributed by atoms with van der Waals surface area (Å²) < 4.78 is 30.0. The van der Waals surface area contributed by atoms with E-state index in [0.717, 1.165) is 12.8 Å². The van der Waals surface area contributed by atoms with Gasteiger partial charge in [-0.1, -0.05) is 28.5 Å². The molecule has 1 saturated heterocycles. The quantitative estimate of drug-likeness (QED) is 0.302. The molecular weight excluding hydrogens is 292 g/mol. The maximum atomic E-state index is 12.3. The predicted octanol–water partition coefficient (Wildman–Crippen LogP) is 1.98. The van der Waals surface area contributed by atoms with Crippen LogP contribution in [0.15, 0.2) is 45.7 Å². The minimum absolute atomic E-state index is 0.00688. The van der Waals surface area contributed by atoms with Gasteiger partial charge in [-0.3, -0.25) is 0 Å². The molecule has 1 heterocycles. The van der Waals surface area contributed by atoms with Crippen molar-refractivity contribution >= 4 is 20.7 Å². The lowest BCUT2D eigenvalue weighted by Crippen LogP contribution is -2.20. The van der Waals surface area contributed by atoms with Crippen LogP contribution >= 0.6 is 0 Å². The van der Waals surface area contributed by atoms with E-state index < -0.39 is 9.84 Å². The highest BCUT2D eigenvalue weighted by Gasteiger charge is 2.24. The number of hydrogen-bond acceptors (Lipinski definition) is 5. The summed E-state index contributed by atoms with van der Waals surface area (Å²) in [4.78, 5) is 4.01. The van der Waals surface area contributed by atoms with Gasteiger partial charge in [0.05, 0.1) is 17.5 Å². The number of amidine groups is 1. The first-order valence-electron chi connectivity index (χ1n) is 6.71. The molecule has 7 nitrogen and oxygen atoms in total. The average Bonchev–Trinajstić information content (AvgIpc) is 2.99. The lowest BCUT2D eigenvalue weighted by molar-refractivity contribution is 0.109. The van der Waals surface area contributed by atoms with Crippen molar-refractivity contribution in [2.45, 2.75) is 25.4 Å². The predicted molar refractivity (Wildman–Crippen MR) is 80.0 cm³/mol. The van der Waals surface area contributed by atoms with Gasteiger partial charge in [-0.15, -0.1) is 0 Å². The second-order valence-corrected chi connectivity index (χ2v) is 6.69. The van der Waals surface area contributed by atoms with Crippen LogP contribution in [-0.2, 0) is 14.6 Å². The van der Waals surface area contributed by atoms with E-state index in [1.807, 2.05) is 6.07 Å². The smallest absolute Gasteiger partial charge is 0.269 e. The molecule has 1 aliphatic rings. The Kier molecular flexibility index (Phi) is 5.40. The summed E-state index contributed by atoms with van der Waals surface area (Å²) in [5, 5.41) is 6.16. The first kappa shape index (κ1) is 15.6. The van der Waals surface area contributed by atoms with Crippen LogP contribution in [0.2, 0.25) is 0 Å². The summed E-state index contributed by atoms with van der Waals surface area (Å²) in [5.74, 6) is 4.91. The second kappa shape index (κ2) is 7.28. The molecule has 0 amide bonds. The molecule has 0 saturated carbocycles. The molecule has 0 radical (unpaired) electrons. The maximum Gasteiger partial charge on any atom is 0.269 e. The lowest BCUT2D eigenvalue weighted by atomic mass is 10.2. The van der Waals surface area contributed by atoms with Gasteiger partial charge in [0.2, 0.25) is 9.84 Å². The van der Waals surface area contributed by atoms with Crippen LogP contribution in [0.25, 0.3) is 0 Å². The Morgan fingerprint density at radius 3 is 2.71 bits per heavy atom.